The number of aromatic nitrogens is 2. The first-order valence-electron chi connectivity index (χ1n) is 7.61. The summed E-state index contributed by atoms with van der Waals surface area (Å²) in [7, 11) is 0. The van der Waals surface area contributed by atoms with Crippen molar-refractivity contribution < 1.29 is 9.32 Å². The molecule has 2 N–H and O–H groups in total. The zero-order valence-corrected chi connectivity index (χ0v) is 13.5. The van der Waals surface area contributed by atoms with Crippen molar-refractivity contribution >= 4 is 17.4 Å². The second kappa shape index (κ2) is 6.95. The van der Waals surface area contributed by atoms with Crippen LogP contribution in [-0.2, 0) is 6.54 Å². The average Bonchev–Trinajstić information content (AvgIpc) is 2.99. The Hall–Kier alpha value is -3.15. The van der Waals surface area contributed by atoms with Crippen molar-refractivity contribution in [3.05, 3.63) is 71.2 Å². The number of rotatable bonds is 5. The van der Waals surface area contributed by atoms with E-state index >= 15 is 0 Å². The maximum absolute atomic E-state index is 12.2. The van der Waals surface area contributed by atoms with Crippen LogP contribution in [0.25, 0.3) is 0 Å². The molecule has 6 nitrogen and oxygen atoms in total. The van der Waals surface area contributed by atoms with Gasteiger partial charge in [0.1, 0.15) is 11.5 Å². The zero-order valence-electron chi connectivity index (χ0n) is 13.5. The summed E-state index contributed by atoms with van der Waals surface area (Å²) in [5.41, 5.74) is 3.34. The molecule has 0 aliphatic rings. The zero-order chi connectivity index (χ0) is 16.9. The second-order valence-electron chi connectivity index (χ2n) is 5.49. The number of pyridine rings is 1. The molecular formula is C18H18N4O2. The quantitative estimate of drug-likeness (QED) is 0.753. The van der Waals surface area contributed by atoms with Gasteiger partial charge in [-0.05, 0) is 37.1 Å². The summed E-state index contributed by atoms with van der Waals surface area (Å²) < 4.78 is 4.99. The lowest BCUT2D eigenvalue weighted by Gasteiger charge is -2.08. The van der Waals surface area contributed by atoms with Gasteiger partial charge in [0, 0.05) is 12.6 Å². The van der Waals surface area contributed by atoms with Crippen molar-refractivity contribution in [3.8, 4) is 0 Å². The third kappa shape index (κ3) is 3.78. The molecule has 3 rings (SSSR count). The van der Waals surface area contributed by atoms with Crippen LogP contribution >= 0.6 is 0 Å². The summed E-state index contributed by atoms with van der Waals surface area (Å²) in [6.07, 6.45) is 1.59. The van der Waals surface area contributed by atoms with Gasteiger partial charge >= 0.3 is 0 Å². The summed E-state index contributed by atoms with van der Waals surface area (Å²) in [6, 6.07) is 13.2. The molecule has 122 valence electrons. The summed E-state index contributed by atoms with van der Waals surface area (Å²) in [4.78, 5) is 16.4. The van der Waals surface area contributed by atoms with Crippen molar-refractivity contribution in [2.45, 2.75) is 20.4 Å². The number of nitrogens with zero attached hydrogens (tertiary/aromatic N) is 2. The standard InChI is InChI=1S/C18H18N4O2/c1-12-5-3-4-6-14(12)10-20-18(23)16-8-7-15(11-19-16)21-17-9-13(2)24-22-17/h3-9,11H,10H2,1-2H3,(H,20,23)(H,21,22). The normalized spacial score (nSPS) is 10.4. The highest BCUT2D eigenvalue weighted by molar-refractivity contribution is 5.92. The first kappa shape index (κ1) is 15.7. The van der Waals surface area contributed by atoms with Gasteiger partial charge in [-0.15, -0.1) is 0 Å². The number of benzene rings is 1. The Labute approximate surface area is 139 Å². The van der Waals surface area contributed by atoms with Gasteiger partial charge in [0.25, 0.3) is 5.91 Å². The highest BCUT2D eigenvalue weighted by Crippen LogP contribution is 2.15. The molecule has 0 bridgehead atoms. The molecule has 0 spiro atoms. The van der Waals surface area contributed by atoms with E-state index in [1.54, 1.807) is 24.4 Å². The van der Waals surface area contributed by atoms with Gasteiger partial charge in [-0.1, -0.05) is 29.4 Å². The molecule has 2 heterocycles. The Morgan fingerprint density at radius 3 is 2.67 bits per heavy atom. The van der Waals surface area contributed by atoms with Crippen LogP contribution in [0.3, 0.4) is 0 Å². The molecule has 0 aliphatic heterocycles. The summed E-state index contributed by atoms with van der Waals surface area (Å²) >= 11 is 0. The molecule has 2 aromatic heterocycles. The van der Waals surface area contributed by atoms with Crippen molar-refractivity contribution in [2.24, 2.45) is 0 Å². The third-order valence-electron chi connectivity index (χ3n) is 3.60. The predicted molar refractivity (Wildman–Crippen MR) is 91.1 cm³/mol. The molecule has 0 saturated heterocycles. The Morgan fingerprint density at radius 2 is 2.00 bits per heavy atom. The van der Waals surface area contributed by atoms with E-state index in [1.807, 2.05) is 38.1 Å². The van der Waals surface area contributed by atoms with Crippen LogP contribution in [0.2, 0.25) is 0 Å². The van der Waals surface area contributed by atoms with Crippen molar-refractivity contribution in [1.82, 2.24) is 15.5 Å². The predicted octanol–water partition coefficient (Wildman–Crippen LogP) is 3.36. The first-order chi connectivity index (χ1) is 11.6. The maximum atomic E-state index is 12.2. The Bertz CT molecular complexity index is 840. The monoisotopic (exact) mass is 322 g/mol. The summed E-state index contributed by atoms with van der Waals surface area (Å²) in [6.45, 7) is 4.32. The Morgan fingerprint density at radius 1 is 1.17 bits per heavy atom. The highest BCUT2D eigenvalue weighted by Gasteiger charge is 2.08. The number of carbonyl (C=O) groups is 1. The number of anilines is 2. The van der Waals surface area contributed by atoms with Gasteiger partial charge in [-0.3, -0.25) is 4.79 Å². The minimum absolute atomic E-state index is 0.206. The van der Waals surface area contributed by atoms with Gasteiger partial charge in [-0.25, -0.2) is 4.98 Å². The lowest BCUT2D eigenvalue weighted by atomic mass is 10.1. The Kier molecular flexibility index (Phi) is 4.56. The van der Waals surface area contributed by atoms with Gasteiger partial charge < -0.3 is 15.2 Å². The van der Waals surface area contributed by atoms with E-state index in [0.717, 1.165) is 22.6 Å². The average molecular weight is 322 g/mol. The summed E-state index contributed by atoms with van der Waals surface area (Å²) in [5, 5.41) is 9.78. The van der Waals surface area contributed by atoms with Crippen LogP contribution < -0.4 is 10.6 Å². The topological polar surface area (TPSA) is 80.0 Å². The minimum Gasteiger partial charge on any atom is -0.360 e. The molecule has 0 atom stereocenters. The maximum Gasteiger partial charge on any atom is 0.270 e. The van der Waals surface area contributed by atoms with Crippen molar-refractivity contribution in [1.29, 1.82) is 0 Å². The fraction of sp³-hybridized carbons (Fsp3) is 0.167. The van der Waals surface area contributed by atoms with Crippen LogP contribution in [-0.4, -0.2) is 16.0 Å². The molecule has 1 amide bonds. The van der Waals surface area contributed by atoms with Crippen molar-refractivity contribution in [3.63, 3.8) is 0 Å². The lowest BCUT2D eigenvalue weighted by molar-refractivity contribution is 0.0946. The van der Waals surface area contributed by atoms with Crippen LogP contribution in [0, 0.1) is 13.8 Å². The molecule has 6 heteroatoms. The van der Waals surface area contributed by atoms with Gasteiger partial charge in [-0.2, -0.15) is 0 Å². The second-order valence-corrected chi connectivity index (χ2v) is 5.49. The smallest absolute Gasteiger partial charge is 0.270 e. The van der Waals surface area contributed by atoms with E-state index in [2.05, 4.69) is 20.8 Å². The molecule has 24 heavy (non-hydrogen) atoms. The van der Waals surface area contributed by atoms with Crippen LogP contribution in [0.1, 0.15) is 27.4 Å². The number of carbonyl (C=O) groups excluding carboxylic acids is 1. The molecule has 0 radical (unpaired) electrons. The number of amides is 1. The molecule has 0 unspecified atom stereocenters. The molecule has 0 fully saturated rings. The molecule has 3 aromatic rings. The number of nitrogens with one attached hydrogen (secondary N) is 2. The van der Waals surface area contributed by atoms with Crippen LogP contribution in [0.4, 0.5) is 11.5 Å². The van der Waals surface area contributed by atoms with E-state index in [0.29, 0.717) is 18.1 Å². The third-order valence-corrected chi connectivity index (χ3v) is 3.60. The molecular weight excluding hydrogens is 304 g/mol. The largest absolute Gasteiger partial charge is 0.360 e. The number of aryl methyl sites for hydroxylation is 2. The molecule has 0 aliphatic carbocycles. The molecule has 1 aromatic carbocycles. The van der Waals surface area contributed by atoms with Crippen molar-refractivity contribution in [2.75, 3.05) is 5.32 Å². The number of hydrogen-bond acceptors (Lipinski definition) is 5. The van der Waals surface area contributed by atoms with E-state index in [-0.39, 0.29) is 5.91 Å². The number of hydrogen-bond donors (Lipinski definition) is 2. The SMILES string of the molecule is Cc1cc(Nc2ccc(C(=O)NCc3ccccc3C)nc2)no1. The Balaban J connectivity index is 1.60. The summed E-state index contributed by atoms with van der Waals surface area (Å²) in [5.74, 6) is 1.12. The highest BCUT2D eigenvalue weighted by atomic mass is 16.5. The van der Waals surface area contributed by atoms with Crippen LogP contribution in [0.5, 0.6) is 0 Å². The molecule has 0 saturated carbocycles. The lowest BCUT2D eigenvalue weighted by Crippen LogP contribution is -2.24. The van der Waals surface area contributed by atoms with E-state index in [4.69, 9.17) is 4.52 Å². The van der Waals surface area contributed by atoms with Gasteiger partial charge in [0.05, 0.1) is 11.9 Å². The van der Waals surface area contributed by atoms with Gasteiger partial charge in [0.15, 0.2) is 5.82 Å². The van der Waals surface area contributed by atoms with E-state index in [1.165, 1.54) is 0 Å². The van der Waals surface area contributed by atoms with Crippen LogP contribution in [0.15, 0.2) is 53.2 Å². The minimum atomic E-state index is -0.206. The van der Waals surface area contributed by atoms with Gasteiger partial charge in [0.2, 0.25) is 0 Å². The van der Waals surface area contributed by atoms with E-state index in [9.17, 15) is 4.79 Å². The first-order valence-corrected chi connectivity index (χ1v) is 7.61. The van der Waals surface area contributed by atoms with E-state index < -0.39 is 0 Å². The fourth-order valence-electron chi connectivity index (χ4n) is 2.25. The fourth-order valence-corrected chi connectivity index (χ4v) is 2.25.